The second-order valence-corrected chi connectivity index (χ2v) is 11.8. The van der Waals surface area contributed by atoms with Crippen molar-refractivity contribution in [2.24, 2.45) is 0 Å². The third kappa shape index (κ3) is 5.44. The molecule has 4 rings (SSSR count). The maximum atomic E-state index is 5.60. The maximum absolute atomic E-state index is 5.60. The highest BCUT2D eigenvalue weighted by atomic mass is 127. The van der Waals surface area contributed by atoms with Crippen LogP contribution in [0.15, 0.2) is 30.9 Å². The number of ether oxygens (including phenoxy) is 1. The van der Waals surface area contributed by atoms with Gasteiger partial charge in [0.05, 0.1) is 25.9 Å². The van der Waals surface area contributed by atoms with Gasteiger partial charge in [-0.25, -0.2) is 14.4 Å². The summed E-state index contributed by atoms with van der Waals surface area (Å²) in [7, 11) is 3.69. The van der Waals surface area contributed by atoms with Gasteiger partial charge in [0.1, 0.15) is 5.75 Å². The fraction of sp³-hybridized carbons (Fsp3) is 0.500. The molecule has 3 aromatic heterocycles. The molecule has 3 aromatic rings. The molecule has 11 heteroatoms. The van der Waals surface area contributed by atoms with Gasteiger partial charge in [-0.1, -0.05) is 0 Å². The van der Waals surface area contributed by atoms with Crippen LogP contribution in [-0.2, 0) is 0 Å². The predicted molar refractivity (Wildman–Crippen MR) is 141 cm³/mol. The van der Waals surface area contributed by atoms with Crippen LogP contribution >= 0.6 is 28.4 Å². The molecule has 0 aliphatic carbocycles. The van der Waals surface area contributed by atoms with E-state index >= 15 is 0 Å². The van der Waals surface area contributed by atoms with E-state index in [4.69, 9.17) is 4.74 Å². The van der Waals surface area contributed by atoms with E-state index in [-0.39, 0.29) is 11.1 Å². The number of nitrogens with one attached hydrogen (secondary N) is 1. The standard InChI is InChI=1S/C22H30IN8OP/c1-21(2)8-16(9-22(3,4)29-21)30(5)18-12-25-20(28-27-18)19-17(32-6)7-14(10-24-19)15-11-26-31(13-15)33-23/h7,10-13,16,29,33H,8-9H2,1-6H3. The van der Waals surface area contributed by atoms with E-state index < -0.39 is 0 Å². The third-order valence-electron chi connectivity index (χ3n) is 5.91. The zero-order chi connectivity index (χ0) is 23.8. The van der Waals surface area contributed by atoms with Crippen LogP contribution in [0.3, 0.4) is 0 Å². The van der Waals surface area contributed by atoms with Crippen LogP contribution in [0.5, 0.6) is 5.75 Å². The Balaban J connectivity index is 1.56. The summed E-state index contributed by atoms with van der Waals surface area (Å²) < 4.78 is 7.49. The van der Waals surface area contributed by atoms with E-state index in [2.05, 4.69) is 92.3 Å². The van der Waals surface area contributed by atoms with Crippen molar-refractivity contribution in [1.82, 2.24) is 35.0 Å². The Morgan fingerprint density at radius 3 is 2.39 bits per heavy atom. The van der Waals surface area contributed by atoms with Crippen LogP contribution in [0.25, 0.3) is 22.6 Å². The van der Waals surface area contributed by atoms with Crippen molar-refractivity contribution < 1.29 is 4.74 Å². The molecule has 0 spiro atoms. The van der Waals surface area contributed by atoms with Crippen LogP contribution in [0, 0.1) is 0 Å². The van der Waals surface area contributed by atoms with Crippen molar-refractivity contribution in [2.75, 3.05) is 19.1 Å². The number of nitrogens with zero attached hydrogens (tertiary/aromatic N) is 7. The zero-order valence-corrected chi connectivity index (χ0v) is 23.0. The molecule has 4 heterocycles. The van der Waals surface area contributed by atoms with Gasteiger partial charge in [0, 0.05) is 47.7 Å². The SMILES string of the molecule is COc1cc(-c2cnn(PI)c2)cnc1-c1ncc(N(C)C2CC(C)(C)NC(C)(C)C2)nn1. The molecular formula is C22H30IN8OP. The van der Waals surface area contributed by atoms with Gasteiger partial charge in [-0.05, 0) is 68.6 Å². The molecule has 0 amide bonds. The van der Waals surface area contributed by atoms with Crippen molar-refractivity contribution in [2.45, 2.75) is 57.7 Å². The smallest absolute Gasteiger partial charge is 0.204 e. The van der Waals surface area contributed by atoms with E-state index in [9.17, 15) is 0 Å². The van der Waals surface area contributed by atoms with E-state index in [1.807, 2.05) is 22.9 Å². The molecule has 0 saturated carbocycles. The number of halogens is 1. The van der Waals surface area contributed by atoms with Crippen LogP contribution in [-0.4, -0.2) is 61.0 Å². The molecule has 0 radical (unpaired) electrons. The lowest BCUT2D eigenvalue weighted by Crippen LogP contribution is -2.62. The van der Waals surface area contributed by atoms with Crippen LogP contribution < -0.4 is 15.0 Å². The Morgan fingerprint density at radius 2 is 1.82 bits per heavy atom. The highest BCUT2D eigenvalue weighted by Crippen LogP contribution is 2.34. The summed E-state index contributed by atoms with van der Waals surface area (Å²) >= 11 is 2.30. The summed E-state index contributed by atoms with van der Waals surface area (Å²) in [5.74, 6) is 1.78. The van der Waals surface area contributed by atoms with E-state index in [1.54, 1.807) is 19.5 Å². The van der Waals surface area contributed by atoms with Crippen molar-refractivity contribution in [3.8, 4) is 28.4 Å². The minimum absolute atomic E-state index is 0.0498. The van der Waals surface area contributed by atoms with Crippen LogP contribution in [0.4, 0.5) is 5.82 Å². The Kier molecular flexibility index (Phi) is 6.89. The number of pyridine rings is 1. The number of aromatic nitrogens is 6. The summed E-state index contributed by atoms with van der Waals surface area (Å²) in [4.78, 5) is 11.3. The number of methoxy groups -OCH3 is 1. The Morgan fingerprint density at radius 1 is 1.09 bits per heavy atom. The maximum Gasteiger partial charge on any atom is 0.204 e. The summed E-state index contributed by atoms with van der Waals surface area (Å²) in [6.07, 6.45) is 9.96. The van der Waals surface area contributed by atoms with Gasteiger partial charge in [0.2, 0.25) is 5.82 Å². The molecule has 9 nitrogen and oxygen atoms in total. The van der Waals surface area contributed by atoms with Crippen molar-refractivity contribution in [3.05, 3.63) is 30.9 Å². The Bertz CT molecular complexity index is 1100. The lowest BCUT2D eigenvalue weighted by Gasteiger charge is -2.49. The number of hydrogen-bond donors (Lipinski definition) is 1. The first-order valence-electron chi connectivity index (χ1n) is 10.8. The monoisotopic (exact) mass is 580 g/mol. The van der Waals surface area contributed by atoms with Gasteiger partial charge >= 0.3 is 0 Å². The van der Waals surface area contributed by atoms with Gasteiger partial charge < -0.3 is 15.0 Å². The first kappa shape index (κ1) is 24.2. The van der Waals surface area contributed by atoms with Gasteiger partial charge in [0.15, 0.2) is 11.5 Å². The van der Waals surface area contributed by atoms with Crippen molar-refractivity contribution in [1.29, 1.82) is 0 Å². The molecule has 1 aliphatic rings. The van der Waals surface area contributed by atoms with Gasteiger partial charge in [-0.2, -0.15) is 5.10 Å². The van der Waals surface area contributed by atoms with Gasteiger partial charge in [-0.3, -0.25) is 0 Å². The molecule has 0 aromatic carbocycles. The van der Waals surface area contributed by atoms with Gasteiger partial charge in [0.25, 0.3) is 0 Å². The lowest BCUT2D eigenvalue weighted by molar-refractivity contribution is 0.160. The lowest BCUT2D eigenvalue weighted by atomic mass is 9.79. The summed E-state index contributed by atoms with van der Waals surface area (Å²) in [6, 6.07) is 2.27. The molecule has 1 saturated heterocycles. The third-order valence-corrected chi connectivity index (χ3v) is 7.81. The van der Waals surface area contributed by atoms with Crippen molar-refractivity contribution >= 4 is 34.2 Å². The summed E-state index contributed by atoms with van der Waals surface area (Å²) in [5, 5.41) is 16.9. The van der Waals surface area contributed by atoms with Crippen LogP contribution in [0.1, 0.15) is 40.5 Å². The van der Waals surface area contributed by atoms with Crippen molar-refractivity contribution in [3.63, 3.8) is 0 Å². The quantitative estimate of drug-likeness (QED) is 0.340. The number of piperidine rings is 1. The van der Waals surface area contributed by atoms with E-state index in [1.165, 1.54) is 0 Å². The topological polar surface area (TPSA) is 93.9 Å². The molecule has 1 aliphatic heterocycles. The normalized spacial score (nSPS) is 18.0. The molecular weight excluding hydrogens is 550 g/mol. The minimum atomic E-state index is 0.0498. The number of anilines is 1. The predicted octanol–water partition coefficient (Wildman–Crippen LogP) is 4.34. The first-order chi connectivity index (χ1) is 15.6. The van der Waals surface area contributed by atoms with Gasteiger partial charge in [-0.15, -0.1) is 10.2 Å². The fourth-order valence-corrected chi connectivity index (χ4v) is 5.79. The number of rotatable bonds is 6. The highest BCUT2D eigenvalue weighted by molar-refractivity contribution is 14.2. The molecule has 1 fully saturated rings. The van der Waals surface area contributed by atoms with E-state index in [0.717, 1.165) is 29.8 Å². The second kappa shape index (κ2) is 9.38. The molecule has 0 bridgehead atoms. The minimum Gasteiger partial charge on any atom is -0.494 e. The zero-order valence-electron chi connectivity index (χ0n) is 19.8. The summed E-state index contributed by atoms with van der Waals surface area (Å²) in [5.41, 5.74) is 2.58. The Labute approximate surface area is 209 Å². The Hall–Kier alpha value is -1.91. The number of hydrogen-bond acceptors (Lipinski definition) is 8. The molecule has 33 heavy (non-hydrogen) atoms. The van der Waals surface area contributed by atoms with Crippen LogP contribution in [0.2, 0.25) is 0 Å². The highest BCUT2D eigenvalue weighted by Gasteiger charge is 2.39. The molecule has 1 unspecified atom stereocenters. The van der Waals surface area contributed by atoms with E-state index in [0.29, 0.717) is 29.7 Å². The largest absolute Gasteiger partial charge is 0.494 e. The average molecular weight is 580 g/mol. The molecule has 176 valence electrons. The average Bonchev–Trinajstić information content (AvgIpc) is 3.25. The second-order valence-electron chi connectivity index (χ2n) is 9.74. The first-order valence-corrected chi connectivity index (χ1v) is 14.8. The molecule has 1 N–H and O–H groups in total. The fourth-order valence-electron chi connectivity index (χ4n) is 4.71. The summed E-state index contributed by atoms with van der Waals surface area (Å²) in [6.45, 7) is 8.99. The molecule has 1 atom stereocenters.